The Labute approximate surface area is 124 Å². The maximum Gasteiger partial charge on any atom is 0.317 e. The highest BCUT2D eigenvalue weighted by molar-refractivity contribution is 5.98. The molecule has 0 aliphatic heterocycles. The van der Waals surface area contributed by atoms with Crippen LogP contribution in [-0.4, -0.2) is 11.8 Å². The molecule has 21 heavy (non-hydrogen) atoms. The molecule has 0 unspecified atom stereocenters. The first kappa shape index (κ1) is 15.0. The summed E-state index contributed by atoms with van der Waals surface area (Å²) in [5.41, 5.74) is 1.86. The van der Waals surface area contributed by atoms with Crippen molar-refractivity contribution >= 4 is 11.8 Å². The van der Waals surface area contributed by atoms with E-state index in [1.807, 2.05) is 60.7 Å². The van der Waals surface area contributed by atoms with Crippen molar-refractivity contribution in [3.05, 3.63) is 71.8 Å². The summed E-state index contributed by atoms with van der Waals surface area (Å²) in [6, 6.07) is 18.9. The van der Waals surface area contributed by atoms with Gasteiger partial charge in [0.15, 0.2) is 0 Å². The average molecular weight is 282 g/mol. The molecular weight excluding hydrogens is 264 g/mol. The van der Waals surface area contributed by atoms with E-state index in [1.165, 1.54) is 6.92 Å². The molecule has 0 saturated carbocycles. The van der Waals surface area contributed by atoms with Crippen LogP contribution in [0.15, 0.2) is 60.7 Å². The quantitative estimate of drug-likeness (QED) is 0.603. The maximum atomic E-state index is 12.1. The average Bonchev–Trinajstić information content (AvgIpc) is 2.52. The summed E-state index contributed by atoms with van der Waals surface area (Å²) in [4.78, 5) is 23.8. The van der Waals surface area contributed by atoms with Gasteiger partial charge in [0.2, 0.25) is 0 Å². The van der Waals surface area contributed by atoms with Crippen LogP contribution in [0.25, 0.3) is 0 Å². The third kappa shape index (κ3) is 4.56. The lowest BCUT2D eigenvalue weighted by Crippen LogP contribution is -2.26. The smallest absolute Gasteiger partial charge is 0.317 e. The van der Waals surface area contributed by atoms with Crippen LogP contribution in [0.3, 0.4) is 0 Å². The Morgan fingerprint density at radius 3 is 1.95 bits per heavy atom. The number of ether oxygens (including phenoxy) is 1. The zero-order valence-electron chi connectivity index (χ0n) is 12.0. The van der Waals surface area contributed by atoms with Crippen LogP contribution >= 0.6 is 0 Å². The topological polar surface area (TPSA) is 43.4 Å². The molecule has 2 aromatic rings. The monoisotopic (exact) mass is 282 g/mol. The molecule has 0 bridgehead atoms. The number of carbonyl (C=O) groups is 2. The summed E-state index contributed by atoms with van der Waals surface area (Å²) in [6.45, 7) is 1.62. The highest BCUT2D eigenvalue weighted by atomic mass is 16.5. The fraction of sp³-hybridized carbons (Fsp3) is 0.222. The maximum absolute atomic E-state index is 12.1. The molecule has 2 aromatic carbocycles. The predicted molar refractivity (Wildman–Crippen MR) is 80.6 cm³/mol. The fourth-order valence-corrected chi connectivity index (χ4v) is 2.07. The second-order valence-electron chi connectivity index (χ2n) is 4.95. The van der Waals surface area contributed by atoms with Gasteiger partial charge in [0, 0.05) is 0 Å². The SMILES string of the molecule is CC(=O)[C@@H](Cc1ccccc1)C(=O)OCc1ccccc1. The molecule has 0 amide bonds. The number of carbonyl (C=O) groups excluding carboxylic acids is 2. The Kier molecular flexibility index (Phi) is 5.27. The standard InChI is InChI=1S/C18H18O3/c1-14(19)17(12-15-8-4-2-5-9-15)18(20)21-13-16-10-6-3-7-11-16/h2-11,17H,12-13H2,1H3/t17-/m1/s1. The van der Waals surface area contributed by atoms with Gasteiger partial charge in [-0.2, -0.15) is 0 Å². The minimum Gasteiger partial charge on any atom is -0.460 e. The van der Waals surface area contributed by atoms with E-state index >= 15 is 0 Å². The Morgan fingerprint density at radius 2 is 1.43 bits per heavy atom. The molecule has 0 radical (unpaired) electrons. The Hall–Kier alpha value is -2.42. The van der Waals surface area contributed by atoms with Gasteiger partial charge in [-0.05, 0) is 24.5 Å². The van der Waals surface area contributed by atoms with Crippen LogP contribution in [0.4, 0.5) is 0 Å². The van der Waals surface area contributed by atoms with E-state index < -0.39 is 11.9 Å². The Bertz CT molecular complexity index is 590. The minimum absolute atomic E-state index is 0.170. The van der Waals surface area contributed by atoms with Crippen molar-refractivity contribution in [1.82, 2.24) is 0 Å². The van der Waals surface area contributed by atoms with Gasteiger partial charge in [0.1, 0.15) is 18.3 Å². The molecule has 108 valence electrons. The zero-order valence-corrected chi connectivity index (χ0v) is 12.0. The number of rotatable bonds is 6. The van der Waals surface area contributed by atoms with E-state index in [0.29, 0.717) is 6.42 Å². The van der Waals surface area contributed by atoms with Gasteiger partial charge < -0.3 is 4.74 Å². The number of hydrogen-bond acceptors (Lipinski definition) is 3. The molecule has 0 aromatic heterocycles. The molecule has 3 heteroatoms. The number of benzene rings is 2. The first-order valence-electron chi connectivity index (χ1n) is 6.92. The molecule has 0 N–H and O–H groups in total. The van der Waals surface area contributed by atoms with Gasteiger partial charge >= 0.3 is 5.97 Å². The number of hydrogen-bond donors (Lipinski definition) is 0. The van der Waals surface area contributed by atoms with Gasteiger partial charge in [0.25, 0.3) is 0 Å². The van der Waals surface area contributed by atoms with Gasteiger partial charge in [-0.3, -0.25) is 9.59 Å². The van der Waals surface area contributed by atoms with Crippen LogP contribution in [0.5, 0.6) is 0 Å². The summed E-state index contributed by atoms with van der Waals surface area (Å²) >= 11 is 0. The summed E-state index contributed by atoms with van der Waals surface area (Å²) in [5.74, 6) is -1.37. The van der Waals surface area contributed by atoms with Gasteiger partial charge in [0.05, 0.1) is 0 Å². The van der Waals surface area contributed by atoms with Crippen molar-refractivity contribution < 1.29 is 14.3 Å². The normalized spacial score (nSPS) is 11.7. The van der Waals surface area contributed by atoms with Crippen LogP contribution in [-0.2, 0) is 27.4 Å². The molecule has 0 saturated heterocycles. The lowest BCUT2D eigenvalue weighted by molar-refractivity contribution is -0.152. The molecule has 2 rings (SSSR count). The second-order valence-corrected chi connectivity index (χ2v) is 4.95. The predicted octanol–water partition coefficient (Wildman–Crippen LogP) is 3.18. The largest absolute Gasteiger partial charge is 0.460 e. The second kappa shape index (κ2) is 7.39. The molecule has 0 heterocycles. The third-order valence-corrected chi connectivity index (χ3v) is 3.28. The first-order valence-corrected chi connectivity index (χ1v) is 6.92. The molecule has 0 fully saturated rings. The lowest BCUT2D eigenvalue weighted by Gasteiger charge is -2.13. The van der Waals surface area contributed by atoms with Gasteiger partial charge in [-0.15, -0.1) is 0 Å². The summed E-state index contributed by atoms with van der Waals surface area (Å²) in [6.07, 6.45) is 0.379. The molecule has 1 atom stereocenters. The lowest BCUT2D eigenvalue weighted by atomic mass is 9.96. The minimum atomic E-state index is -0.740. The number of ketones is 1. The van der Waals surface area contributed by atoms with Crippen LogP contribution in [0.1, 0.15) is 18.1 Å². The van der Waals surface area contributed by atoms with E-state index in [-0.39, 0.29) is 12.4 Å². The molecule has 0 aliphatic rings. The molecule has 0 aliphatic carbocycles. The number of Topliss-reactive ketones (excluding diaryl/α,β-unsaturated/α-hetero) is 1. The number of esters is 1. The fourth-order valence-electron chi connectivity index (χ4n) is 2.07. The highest BCUT2D eigenvalue weighted by Crippen LogP contribution is 2.13. The Morgan fingerprint density at radius 1 is 0.905 bits per heavy atom. The summed E-state index contributed by atoms with van der Waals surface area (Å²) in [5, 5.41) is 0. The van der Waals surface area contributed by atoms with Crippen molar-refractivity contribution in [3.63, 3.8) is 0 Å². The van der Waals surface area contributed by atoms with Crippen molar-refractivity contribution in [2.75, 3.05) is 0 Å². The Balaban J connectivity index is 1.98. The van der Waals surface area contributed by atoms with Gasteiger partial charge in [-0.1, -0.05) is 60.7 Å². The van der Waals surface area contributed by atoms with Crippen molar-refractivity contribution in [3.8, 4) is 0 Å². The summed E-state index contributed by atoms with van der Waals surface area (Å²) < 4.78 is 5.26. The van der Waals surface area contributed by atoms with Crippen molar-refractivity contribution in [2.45, 2.75) is 20.0 Å². The molecule has 3 nitrogen and oxygen atoms in total. The van der Waals surface area contributed by atoms with E-state index in [0.717, 1.165) is 11.1 Å². The van der Waals surface area contributed by atoms with Crippen LogP contribution in [0, 0.1) is 5.92 Å². The van der Waals surface area contributed by atoms with E-state index in [4.69, 9.17) is 4.74 Å². The summed E-state index contributed by atoms with van der Waals surface area (Å²) in [7, 11) is 0. The third-order valence-electron chi connectivity index (χ3n) is 3.28. The van der Waals surface area contributed by atoms with E-state index in [2.05, 4.69) is 0 Å². The van der Waals surface area contributed by atoms with Crippen LogP contribution in [0.2, 0.25) is 0 Å². The van der Waals surface area contributed by atoms with E-state index in [1.54, 1.807) is 0 Å². The molecule has 0 spiro atoms. The zero-order chi connectivity index (χ0) is 15.1. The van der Waals surface area contributed by atoms with Crippen molar-refractivity contribution in [2.24, 2.45) is 5.92 Å². The molecular formula is C18H18O3. The van der Waals surface area contributed by atoms with E-state index in [9.17, 15) is 9.59 Å². The van der Waals surface area contributed by atoms with Crippen LogP contribution < -0.4 is 0 Å². The van der Waals surface area contributed by atoms with Crippen molar-refractivity contribution in [1.29, 1.82) is 0 Å². The first-order chi connectivity index (χ1) is 10.2. The highest BCUT2D eigenvalue weighted by Gasteiger charge is 2.25. The van der Waals surface area contributed by atoms with Gasteiger partial charge in [-0.25, -0.2) is 0 Å².